The van der Waals surface area contributed by atoms with Gasteiger partial charge in [-0.05, 0) is 63.6 Å². The van der Waals surface area contributed by atoms with Crippen LogP contribution in [0.5, 0.6) is 5.88 Å². The van der Waals surface area contributed by atoms with E-state index >= 15 is 0 Å². The summed E-state index contributed by atoms with van der Waals surface area (Å²) in [4.78, 5) is 65.8. The summed E-state index contributed by atoms with van der Waals surface area (Å²) in [6, 6.07) is 9.28. The fraction of sp³-hybridized carbons (Fsp3) is 0.450. The Morgan fingerprint density at radius 1 is 1.05 bits per heavy atom. The van der Waals surface area contributed by atoms with E-state index in [9.17, 15) is 32.0 Å². The Balaban J connectivity index is 1.15. The van der Waals surface area contributed by atoms with E-state index in [-0.39, 0.29) is 43.1 Å². The Bertz CT molecular complexity index is 2400. The van der Waals surface area contributed by atoms with Gasteiger partial charge in [0.1, 0.15) is 40.6 Å². The maximum atomic E-state index is 14.5. The molecule has 0 radical (unpaired) electrons. The van der Waals surface area contributed by atoms with E-state index in [2.05, 4.69) is 15.4 Å². The average molecular weight is 803 g/mol. The van der Waals surface area contributed by atoms with Gasteiger partial charge >= 0.3 is 6.09 Å². The number of sulfonamides is 1. The van der Waals surface area contributed by atoms with Crippen LogP contribution in [0.3, 0.4) is 0 Å². The van der Waals surface area contributed by atoms with Crippen molar-refractivity contribution >= 4 is 55.9 Å². The minimum Gasteiger partial charge on any atom is -0.470 e. The van der Waals surface area contributed by atoms with Crippen LogP contribution in [0.2, 0.25) is 0 Å². The van der Waals surface area contributed by atoms with Crippen LogP contribution in [0.1, 0.15) is 63.4 Å². The number of rotatable bonds is 7. The first kappa shape index (κ1) is 38.3. The molecule has 2 aliphatic carbocycles. The highest BCUT2D eigenvalue weighted by Crippen LogP contribution is 2.46. The Hall–Kier alpha value is -5.58. The molecule has 4 aliphatic rings. The largest absolute Gasteiger partial charge is 0.470 e. The number of benzene rings is 2. The van der Waals surface area contributed by atoms with Crippen LogP contribution >= 0.6 is 0 Å². The predicted molar refractivity (Wildman–Crippen MR) is 205 cm³/mol. The monoisotopic (exact) mass is 802 g/mol. The summed E-state index contributed by atoms with van der Waals surface area (Å²) in [6.07, 6.45) is 6.07. The smallest absolute Gasteiger partial charge is 0.407 e. The zero-order valence-corrected chi connectivity index (χ0v) is 32.3. The van der Waals surface area contributed by atoms with Crippen LogP contribution in [-0.4, -0.2) is 89.7 Å². The maximum Gasteiger partial charge on any atom is 0.407 e. The fourth-order valence-electron chi connectivity index (χ4n) is 7.71. The summed E-state index contributed by atoms with van der Waals surface area (Å²) >= 11 is 0. The van der Waals surface area contributed by atoms with Crippen molar-refractivity contribution in [2.45, 2.75) is 93.7 Å². The van der Waals surface area contributed by atoms with Gasteiger partial charge in [-0.15, -0.1) is 0 Å². The number of nitrogens with one attached hydrogen (secondary N) is 3. The molecule has 2 aromatic heterocycles. The molecule has 4 aromatic rings. The summed E-state index contributed by atoms with van der Waals surface area (Å²) in [5.74, 6) is -2.77. The first-order valence-electron chi connectivity index (χ1n) is 19.2. The molecule has 2 aliphatic heterocycles. The second kappa shape index (κ2) is 15.1. The van der Waals surface area contributed by atoms with Crippen LogP contribution in [0.25, 0.3) is 33.5 Å². The van der Waals surface area contributed by atoms with Crippen LogP contribution in [0.15, 0.2) is 59.0 Å². The molecule has 2 aromatic carbocycles. The summed E-state index contributed by atoms with van der Waals surface area (Å²) in [7, 11) is -2.74. The average Bonchev–Trinajstić information content (AvgIpc) is 4.09. The molecule has 5 unspecified atom stereocenters. The number of carbonyl (C=O) groups is 4. The van der Waals surface area contributed by atoms with Crippen molar-refractivity contribution < 1.29 is 45.9 Å². The molecule has 1 saturated heterocycles. The van der Waals surface area contributed by atoms with Gasteiger partial charge in [0, 0.05) is 23.3 Å². The van der Waals surface area contributed by atoms with Crippen molar-refractivity contribution in [2.75, 3.05) is 13.7 Å². The predicted octanol–water partition coefficient (Wildman–Crippen LogP) is 4.57. The summed E-state index contributed by atoms with van der Waals surface area (Å²) < 4.78 is 59.9. The molecule has 0 bridgehead atoms. The molecule has 15 nitrogen and oxygen atoms in total. The number of fused-ring (bicyclic) bond motifs is 5. The zero-order valence-electron chi connectivity index (χ0n) is 31.5. The highest BCUT2D eigenvalue weighted by atomic mass is 32.2. The highest BCUT2D eigenvalue weighted by molar-refractivity contribution is 7.91. The number of carbonyl (C=O) groups excluding carboxylic acids is 4. The Morgan fingerprint density at radius 3 is 2.60 bits per heavy atom. The van der Waals surface area contributed by atoms with E-state index < -0.39 is 74.5 Å². The van der Waals surface area contributed by atoms with Crippen molar-refractivity contribution in [1.29, 1.82) is 0 Å². The van der Waals surface area contributed by atoms with E-state index in [4.69, 9.17) is 23.9 Å². The van der Waals surface area contributed by atoms with Gasteiger partial charge in [-0.25, -0.2) is 22.6 Å². The molecule has 4 heterocycles. The van der Waals surface area contributed by atoms with Crippen LogP contribution in [0.4, 0.5) is 9.18 Å². The number of allylic oxidation sites excluding steroid dienone is 1. The van der Waals surface area contributed by atoms with Crippen LogP contribution in [0, 0.1) is 18.7 Å². The molecule has 57 heavy (non-hydrogen) atoms. The first-order chi connectivity index (χ1) is 27.3. The second-order valence-electron chi connectivity index (χ2n) is 15.3. The van der Waals surface area contributed by atoms with E-state index in [1.165, 1.54) is 30.2 Å². The third kappa shape index (κ3) is 7.76. The second-order valence-corrected chi connectivity index (χ2v) is 17.3. The van der Waals surface area contributed by atoms with E-state index in [1.807, 2.05) is 43.3 Å². The van der Waals surface area contributed by atoms with E-state index in [0.717, 1.165) is 18.4 Å². The Labute approximate surface area is 327 Å². The first-order valence-corrected chi connectivity index (χ1v) is 20.7. The van der Waals surface area contributed by atoms with Gasteiger partial charge in [0.05, 0.1) is 18.9 Å². The van der Waals surface area contributed by atoms with Crippen LogP contribution < -0.4 is 20.1 Å². The molecule has 3 N–H and O–H groups in total. The lowest BCUT2D eigenvalue weighted by Crippen LogP contribution is -2.58. The fourth-order valence-corrected chi connectivity index (χ4v) is 9.07. The number of methoxy groups -OCH3 is 1. The van der Waals surface area contributed by atoms with Crippen molar-refractivity contribution in [2.24, 2.45) is 5.92 Å². The topological polar surface area (TPSA) is 199 Å². The molecular formula is C40H43FN6O9S. The zero-order chi connectivity index (χ0) is 40.1. The van der Waals surface area contributed by atoms with Crippen molar-refractivity contribution in [3.05, 3.63) is 66.0 Å². The number of ether oxygens (including phenoxy) is 2. The highest BCUT2D eigenvalue weighted by Gasteiger charge is 2.62. The lowest BCUT2D eigenvalue weighted by atomic mass is 10.1. The van der Waals surface area contributed by atoms with Gasteiger partial charge in [-0.2, -0.15) is 4.98 Å². The van der Waals surface area contributed by atoms with Gasteiger partial charge < -0.3 is 29.4 Å². The summed E-state index contributed by atoms with van der Waals surface area (Å²) in [5.41, 5.74) is 0.897. The molecule has 8 rings (SSSR count). The van der Waals surface area contributed by atoms with Gasteiger partial charge in [0.2, 0.25) is 27.4 Å². The molecule has 4 amide bonds. The number of hydrogen-bond donors (Lipinski definition) is 3. The van der Waals surface area contributed by atoms with Crippen molar-refractivity contribution in [3.63, 3.8) is 0 Å². The lowest BCUT2D eigenvalue weighted by molar-refractivity contribution is -0.141. The normalized spacial score (nSPS) is 26.1. The number of nitrogens with zero attached hydrogens (tertiary/aromatic N) is 3. The number of aromatic nitrogens is 2. The molecular weight excluding hydrogens is 760 g/mol. The summed E-state index contributed by atoms with van der Waals surface area (Å²) in [6.45, 7) is 1.81. The molecule has 0 spiro atoms. The van der Waals surface area contributed by atoms with Gasteiger partial charge in [-0.1, -0.05) is 54.8 Å². The van der Waals surface area contributed by atoms with Gasteiger partial charge in [0.25, 0.3) is 11.8 Å². The van der Waals surface area contributed by atoms with Gasteiger partial charge in [0.15, 0.2) is 5.82 Å². The molecule has 5 atom stereocenters. The Morgan fingerprint density at radius 2 is 1.84 bits per heavy atom. The SMILES string of the molecule is COC(=O)NC1CCCCC/C=C\C2CC2(C(=O)NS(=O)(=O)C2CC2)NC(=O)C2CC(Oc3nc(-c4ccc(C)cc4)nc4c3oc3ccc(F)cc34)CN2C1=O. The number of amides is 4. The standard InChI is InChI=1S/C40H43FN6O9S/c1-22-10-12-23(13-11-22)34-43-32-28-18-25(41)14-17-31(28)56-33(32)36(44-34)55-26-19-30-35(48)45-40(38(50)46-57(52,53)27-15-16-27)20-24(40)8-6-4-3-5-7-9-29(42-39(51)54-2)37(49)47(30)21-26/h6,8,10-14,17-18,24,26-27,29-30H,3-5,7,9,15-16,19-21H2,1-2H3,(H,42,51)(H,45,48)(H,46,50)/b8-6-. The summed E-state index contributed by atoms with van der Waals surface area (Å²) in [5, 5.41) is 5.21. The van der Waals surface area contributed by atoms with Crippen molar-refractivity contribution in [1.82, 2.24) is 30.2 Å². The number of aryl methyl sites for hydroxylation is 1. The molecule has 3 fully saturated rings. The maximum absolute atomic E-state index is 14.5. The molecule has 300 valence electrons. The molecule has 2 saturated carbocycles. The number of alkyl carbamates (subject to hydrolysis) is 1. The minimum atomic E-state index is -3.93. The number of furan rings is 1. The van der Waals surface area contributed by atoms with E-state index in [1.54, 1.807) is 0 Å². The minimum absolute atomic E-state index is 0.00513. The van der Waals surface area contributed by atoms with Gasteiger partial charge in [-0.3, -0.25) is 19.1 Å². The molecule has 17 heteroatoms. The number of halogens is 1. The Kier molecular flexibility index (Phi) is 10.1. The van der Waals surface area contributed by atoms with Crippen LogP contribution in [-0.2, 0) is 29.1 Å². The lowest BCUT2D eigenvalue weighted by Gasteiger charge is -2.29. The third-order valence-corrected chi connectivity index (χ3v) is 13.0. The van der Waals surface area contributed by atoms with Crippen molar-refractivity contribution in [3.8, 4) is 17.3 Å². The van der Waals surface area contributed by atoms with E-state index in [0.29, 0.717) is 47.7 Å². The number of hydrogen-bond acceptors (Lipinski definition) is 11. The quantitative estimate of drug-likeness (QED) is 0.221. The third-order valence-electron chi connectivity index (χ3n) is 11.2.